The molecule has 6 heteroatoms. The van der Waals surface area contributed by atoms with E-state index in [0.29, 0.717) is 6.04 Å². The number of amides is 1. The van der Waals surface area contributed by atoms with Crippen molar-refractivity contribution in [3.63, 3.8) is 0 Å². The monoisotopic (exact) mass is 331 g/mol. The van der Waals surface area contributed by atoms with E-state index < -0.39 is 0 Å². The molecule has 0 aliphatic carbocycles. The molecule has 0 aromatic heterocycles. The van der Waals surface area contributed by atoms with Gasteiger partial charge in [-0.25, -0.2) is 0 Å². The summed E-state index contributed by atoms with van der Waals surface area (Å²) in [4.78, 5) is 19.3. The van der Waals surface area contributed by atoms with Gasteiger partial charge in [0.25, 0.3) is 5.91 Å². The fourth-order valence-electron chi connectivity index (χ4n) is 4.32. The van der Waals surface area contributed by atoms with Gasteiger partial charge in [-0.2, -0.15) is 0 Å². The lowest BCUT2D eigenvalue weighted by atomic mass is 9.82. The number of likely N-dealkylation sites (tertiary alicyclic amines) is 1. The highest BCUT2D eigenvalue weighted by Gasteiger charge is 2.54. The van der Waals surface area contributed by atoms with Crippen LogP contribution in [0.2, 0.25) is 0 Å². The Bertz CT molecular complexity index is 588. The van der Waals surface area contributed by atoms with Crippen molar-refractivity contribution >= 4 is 5.91 Å². The van der Waals surface area contributed by atoms with Crippen molar-refractivity contribution in [2.24, 2.45) is 0 Å². The summed E-state index contributed by atoms with van der Waals surface area (Å²) in [6.45, 7) is 6.35. The average Bonchev–Trinajstić information content (AvgIpc) is 2.57. The van der Waals surface area contributed by atoms with Gasteiger partial charge in [0, 0.05) is 38.8 Å². The Morgan fingerprint density at radius 1 is 1.29 bits per heavy atom. The number of para-hydroxylation sites is 1. The van der Waals surface area contributed by atoms with Crippen LogP contribution in [-0.4, -0.2) is 91.8 Å². The Labute approximate surface area is 142 Å². The molecule has 24 heavy (non-hydrogen) atoms. The number of hydrogen-bond acceptors (Lipinski definition) is 5. The number of nitrogens with zero attached hydrogens (tertiary/aromatic N) is 3. The number of likely N-dealkylation sites (N-methyl/N-ethyl adjacent to an activating group) is 1. The fourth-order valence-corrected chi connectivity index (χ4v) is 4.32. The minimum absolute atomic E-state index is 0.0718. The van der Waals surface area contributed by atoms with Crippen LogP contribution in [0.15, 0.2) is 30.3 Å². The van der Waals surface area contributed by atoms with E-state index >= 15 is 0 Å². The molecule has 3 aliphatic heterocycles. The Balaban J connectivity index is 1.35. The predicted molar refractivity (Wildman–Crippen MR) is 90.1 cm³/mol. The number of morpholine rings is 1. The summed E-state index contributed by atoms with van der Waals surface area (Å²) < 4.78 is 11.2. The van der Waals surface area contributed by atoms with Gasteiger partial charge in [0.2, 0.25) is 0 Å². The molecule has 0 radical (unpaired) electrons. The van der Waals surface area contributed by atoms with Gasteiger partial charge in [0.15, 0.2) is 6.61 Å². The zero-order valence-corrected chi connectivity index (χ0v) is 14.2. The first-order valence-electron chi connectivity index (χ1n) is 8.65. The number of carbonyl (C=O) groups excluding carboxylic acids is 1. The lowest BCUT2D eigenvalue weighted by molar-refractivity contribution is -0.175. The third kappa shape index (κ3) is 2.90. The summed E-state index contributed by atoms with van der Waals surface area (Å²) in [6, 6.07) is 9.96. The molecule has 130 valence electrons. The Hall–Kier alpha value is -1.63. The largest absolute Gasteiger partial charge is 0.484 e. The molecule has 3 heterocycles. The van der Waals surface area contributed by atoms with Crippen LogP contribution in [-0.2, 0) is 9.53 Å². The molecule has 0 N–H and O–H groups in total. The maximum absolute atomic E-state index is 12.4. The van der Waals surface area contributed by atoms with E-state index in [1.54, 1.807) is 0 Å². The Morgan fingerprint density at radius 3 is 2.88 bits per heavy atom. The highest BCUT2D eigenvalue weighted by Crippen LogP contribution is 2.35. The van der Waals surface area contributed by atoms with Gasteiger partial charge >= 0.3 is 0 Å². The Morgan fingerprint density at radius 2 is 2.08 bits per heavy atom. The van der Waals surface area contributed by atoms with Crippen LogP contribution in [0.3, 0.4) is 0 Å². The third-order valence-corrected chi connectivity index (χ3v) is 5.35. The van der Waals surface area contributed by atoms with Crippen molar-refractivity contribution in [3.05, 3.63) is 30.3 Å². The standard InChI is InChI=1S/C18H25N3O3/c1-19-9-15-10-23-8-7-21(15)18(12-19)13-20(14-18)17(22)11-24-16-5-3-2-4-6-16/h2-6,15H,7-14H2,1H3. The van der Waals surface area contributed by atoms with E-state index in [0.717, 1.165) is 51.7 Å². The summed E-state index contributed by atoms with van der Waals surface area (Å²) >= 11 is 0. The van der Waals surface area contributed by atoms with Gasteiger partial charge in [-0.15, -0.1) is 0 Å². The first-order valence-corrected chi connectivity index (χ1v) is 8.65. The fraction of sp³-hybridized carbons (Fsp3) is 0.611. The average molecular weight is 331 g/mol. The minimum Gasteiger partial charge on any atom is -0.484 e. The van der Waals surface area contributed by atoms with E-state index in [9.17, 15) is 4.79 Å². The molecule has 4 rings (SSSR count). The molecule has 3 aliphatic rings. The minimum atomic E-state index is 0.0718. The van der Waals surface area contributed by atoms with Crippen molar-refractivity contribution in [2.75, 3.05) is 59.6 Å². The number of ether oxygens (including phenoxy) is 2. The first-order chi connectivity index (χ1) is 11.7. The lowest BCUT2D eigenvalue weighted by Crippen LogP contribution is -2.81. The number of benzene rings is 1. The van der Waals surface area contributed by atoms with Gasteiger partial charge in [-0.05, 0) is 19.2 Å². The van der Waals surface area contributed by atoms with Crippen LogP contribution in [0.25, 0.3) is 0 Å². The van der Waals surface area contributed by atoms with Gasteiger partial charge in [0.05, 0.1) is 18.8 Å². The molecule has 1 atom stereocenters. The van der Waals surface area contributed by atoms with Crippen LogP contribution in [0.5, 0.6) is 5.75 Å². The molecular weight excluding hydrogens is 306 g/mol. The van der Waals surface area contributed by atoms with E-state index in [1.165, 1.54) is 0 Å². The van der Waals surface area contributed by atoms with E-state index in [-0.39, 0.29) is 18.1 Å². The van der Waals surface area contributed by atoms with Gasteiger partial charge in [-0.3, -0.25) is 9.69 Å². The molecule has 1 aromatic rings. The topological polar surface area (TPSA) is 45.2 Å². The molecule has 1 spiro atoms. The van der Waals surface area contributed by atoms with Crippen LogP contribution >= 0.6 is 0 Å². The highest BCUT2D eigenvalue weighted by atomic mass is 16.5. The summed E-state index contributed by atoms with van der Waals surface area (Å²) in [5.74, 6) is 0.814. The molecule has 0 saturated carbocycles. The maximum Gasteiger partial charge on any atom is 0.260 e. The normalized spacial score (nSPS) is 26.7. The van der Waals surface area contributed by atoms with Crippen molar-refractivity contribution in [1.29, 1.82) is 0 Å². The zero-order chi connectivity index (χ0) is 16.6. The third-order valence-electron chi connectivity index (χ3n) is 5.35. The van der Waals surface area contributed by atoms with Gasteiger partial charge in [-0.1, -0.05) is 18.2 Å². The number of carbonyl (C=O) groups is 1. The van der Waals surface area contributed by atoms with Crippen molar-refractivity contribution in [1.82, 2.24) is 14.7 Å². The Kier molecular flexibility index (Phi) is 4.20. The highest BCUT2D eigenvalue weighted by molar-refractivity contribution is 5.79. The van der Waals surface area contributed by atoms with E-state index in [2.05, 4.69) is 16.8 Å². The summed E-state index contributed by atoms with van der Waals surface area (Å²) in [5.41, 5.74) is 0.101. The molecule has 1 amide bonds. The van der Waals surface area contributed by atoms with E-state index in [1.807, 2.05) is 35.2 Å². The number of hydrogen-bond donors (Lipinski definition) is 0. The van der Waals surface area contributed by atoms with Gasteiger partial charge in [0.1, 0.15) is 5.75 Å². The quantitative estimate of drug-likeness (QED) is 0.797. The molecule has 3 saturated heterocycles. The molecule has 1 unspecified atom stereocenters. The molecule has 6 nitrogen and oxygen atoms in total. The maximum atomic E-state index is 12.4. The second kappa shape index (κ2) is 6.35. The summed E-state index contributed by atoms with van der Waals surface area (Å²) in [6.07, 6.45) is 0. The predicted octanol–water partition coefficient (Wildman–Crippen LogP) is 0.293. The van der Waals surface area contributed by atoms with Crippen LogP contribution in [0.1, 0.15) is 0 Å². The first kappa shape index (κ1) is 15.9. The van der Waals surface area contributed by atoms with E-state index in [4.69, 9.17) is 9.47 Å². The molecule has 3 fully saturated rings. The smallest absolute Gasteiger partial charge is 0.260 e. The van der Waals surface area contributed by atoms with Crippen molar-refractivity contribution < 1.29 is 14.3 Å². The lowest BCUT2D eigenvalue weighted by Gasteiger charge is -2.62. The van der Waals surface area contributed by atoms with Crippen LogP contribution < -0.4 is 4.74 Å². The SMILES string of the molecule is CN1CC2COCCN2C2(C1)CN(C(=O)COc1ccccc1)C2. The summed E-state index contributed by atoms with van der Waals surface area (Å²) in [5, 5.41) is 0. The van der Waals surface area contributed by atoms with Gasteiger partial charge < -0.3 is 19.3 Å². The molecular formula is C18H25N3O3. The zero-order valence-electron chi connectivity index (χ0n) is 14.2. The van der Waals surface area contributed by atoms with Crippen molar-refractivity contribution in [2.45, 2.75) is 11.6 Å². The molecule has 1 aromatic carbocycles. The second-order valence-electron chi connectivity index (χ2n) is 7.19. The summed E-state index contributed by atoms with van der Waals surface area (Å²) in [7, 11) is 2.16. The molecule has 0 bridgehead atoms. The number of rotatable bonds is 3. The van der Waals surface area contributed by atoms with Crippen LogP contribution in [0.4, 0.5) is 0 Å². The number of fused-ring (bicyclic) bond motifs is 2. The van der Waals surface area contributed by atoms with Crippen LogP contribution in [0, 0.1) is 0 Å². The number of piperazine rings is 1. The second-order valence-corrected chi connectivity index (χ2v) is 7.19. The van der Waals surface area contributed by atoms with Crippen molar-refractivity contribution in [3.8, 4) is 5.75 Å².